The second kappa shape index (κ2) is 7.75. The first-order valence-electron chi connectivity index (χ1n) is 8.26. The molecule has 0 spiro atoms. The van der Waals surface area contributed by atoms with E-state index in [4.69, 9.17) is 5.73 Å². The van der Waals surface area contributed by atoms with Gasteiger partial charge in [0.25, 0.3) is 0 Å². The molecule has 4 heteroatoms. The molecular weight excluding hydrogens is 274 g/mol. The maximum Gasteiger partial charge on any atom is 0.243 e. The molecule has 4 nitrogen and oxygen atoms in total. The average molecular weight is 303 g/mol. The molecule has 2 unspecified atom stereocenters. The molecule has 0 radical (unpaired) electrons. The maximum atomic E-state index is 12.5. The standard InChI is InChI=1S/C18H29N3O/c1-14-7-9-15(10-8-14)17(19)18(22)21(3)13-11-16-6-4-5-12-20(16)2/h7-10,16-17H,4-6,11-13,19H2,1-3H3. The summed E-state index contributed by atoms with van der Waals surface area (Å²) >= 11 is 0. The lowest BCUT2D eigenvalue weighted by Crippen LogP contribution is -2.41. The van der Waals surface area contributed by atoms with Gasteiger partial charge in [0, 0.05) is 19.6 Å². The van der Waals surface area contributed by atoms with Crippen LogP contribution in [0.2, 0.25) is 0 Å². The van der Waals surface area contributed by atoms with Crippen molar-refractivity contribution in [3.8, 4) is 0 Å². The van der Waals surface area contributed by atoms with Crippen molar-refractivity contribution in [1.82, 2.24) is 9.80 Å². The minimum absolute atomic E-state index is 0.00214. The number of likely N-dealkylation sites (N-methyl/N-ethyl adjacent to an activating group) is 1. The quantitative estimate of drug-likeness (QED) is 0.908. The zero-order valence-corrected chi connectivity index (χ0v) is 14.1. The fourth-order valence-corrected chi connectivity index (χ4v) is 3.12. The van der Waals surface area contributed by atoms with E-state index in [1.165, 1.54) is 31.4 Å². The van der Waals surface area contributed by atoms with E-state index < -0.39 is 6.04 Å². The number of hydrogen-bond acceptors (Lipinski definition) is 3. The van der Waals surface area contributed by atoms with Gasteiger partial charge in [-0.15, -0.1) is 0 Å². The fourth-order valence-electron chi connectivity index (χ4n) is 3.12. The number of benzene rings is 1. The molecule has 1 aliphatic rings. The Hall–Kier alpha value is -1.39. The van der Waals surface area contributed by atoms with Gasteiger partial charge in [-0.05, 0) is 45.3 Å². The number of nitrogens with two attached hydrogens (primary N) is 1. The van der Waals surface area contributed by atoms with E-state index in [-0.39, 0.29) is 5.91 Å². The van der Waals surface area contributed by atoms with E-state index in [1.807, 2.05) is 38.2 Å². The number of carbonyl (C=O) groups excluding carboxylic acids is 1. The largest absolute Gasteiger partial charge is 0.344 e. The van der Waals surface area contributed by atoms with Crippen molar-refractivity contribution in [1.29, 1.82) is 0 Å². The van der Waals surface area contributed by atoms with Gasteiger partial charge in [-0.1, -0.05) is 36.2 Å². The van der Waals surface area contributed by atoms with Crippen LogP contribution in [0.5, 0.6) is 0 Å². The van der Waals surface area contributed by atoms with E-state index in [1.54, 1.807) is 4.90 Å². The lowest BCUT2D eigenvalue weighted by atomic mass is 9.99. The fraction of sp³-hybridized carbons (Fsp3) is 0.611. The second-order valence-electron chi connectivity index (χ2n) is 6.57. The average Bonchev–Trinajstić information content (AvgIpc) is 2.53. The van der Waals surface area contributed by atoms with Gasteiger partial charge in [-0.2, -0.15) is 0 Å². The summed E-state index contributed by atoms with van der Waals surface area (Å²) in [6, 6.07) is 7.93. The molecule has 2 N–H and O–H groups in total. The molecule has 2 rings (SSSR count). The molecule has 2 atom stereocenters. The highest BCUT2D eigenvalue weighted by molar-refractivity contribution is 5.82. The van der Waals surface area contributed by atoms with Crippen molar-refractivity contribution >= 4 is 5.91 Å². The Morgan fingerprint density at radius 2 is 2.05 bits per heavy atom. The highest BCUT2D eigenvalue weighted by Gasteiger charge is 2.23. The molecule has 122 valence electrons. The highest BCUT2D eigenvalue weighted by Crippen LogP contribution is 2.19. The molecule has 1 heterocycles. The second-order valence-corrected chi connectivity index (χ2v) is 6.57. The molecular formula is C18H29N3O. The predicted molar refractivity (Wildman–Crippen MR) is 90.6 cm³/mol. The molecule has 1 aromatic rings. The molecule has 1 fully saturated rings. The number of nitrogens with zero attached hydrogens (tertiary/aromatic N) is 2. The summed E-state index contributed by atoms with van der Waals surface area (Å²) in [6.45, 7) is 3.97. The molecule has 1 aromatic carbocycles. The number of amides is 1. The molecule has 0 aromatic heterocycles. The van der Waals surface area contributed by atoms with Gasteiger partial charge in [-0.25, -0.2) is 0 Å². The number of piperidine rings is 1. The molecule has 0 bridgehead atoms. The Kier molecular flexibility index (Phi) is 5.98. The monoisotopic (exact) mass is 303 g/mol. The van der Waals surface area contributed by atoms with E-state index >= 15 is 0 Å². The van der Waals surface area contributed by atoms with Crippen LogP contribution >= 0.6 is 0 Å². The molecule has 1 saturated heterocycles. The lowest BCUT2D eigenvalue weighted by molar-refractivity contribution is -0.131. The van der Waals surface area contributed by atoms with Gasteiger partial charge < -0.3 is 15.5 Å². The van der Waals surface area contributed by atoms with Crippen LogP contribution in [0.4, 0.5) is 0 Å². The molecule has 22 heavy (non-hydrogen) atoms. The summed E-state index contributed by atoms with van der Waals surface area (Å²) in [7, 11) is 4.04. The van der Waals surface area contributed by atoms with Crippen LogP contribution < -0.4 is 5.73 Å². The Labute approximate surface area is 134 Å². The van der Waals surface area contributed by atoms with Crippen LogP contribution in [0.3, 0.4) is 0 Å². The molecule has 1 amide bonds. The van der Waals surface area contributed by atoms with E-state index in [0.29, 0.717) is 6.04 Å². The first-order chi connectivity index (χ1) is 10.5. The van der Waals surface area contributed by atoms with Gasteiger partial charge in [0.05, 0.1) is 0 Å². The van der Waals surface area contributed by atoms with Crippen LogP contribution in [0.25, 0.3) is 0 Å². The van der Waals surface area contributed by atoms with E-state index in [2.05, 4.69) is 11.9 Å². The lowest BCUT2D eigenvalue weighted by Gasteiger charge is -2.33. The summed E-state index contributed by atoms with van der Waals surface area (Å²) in [4.78, 5) is 16.7. The molecule has 0 aliphatic carbocycles. The van der Waals surface area contributed by atoms with Crippen LogP contribution in [-0.4, -0.2) is 48.9 Å². The van der Waals surface area contributed by atoms with Crippen LogP contribution in [-0.2, 0) is 4.79 Å². The summed E-state index contributed by atoms with van der Waals surface area (Å²) < 4.78 is 0. The summed E-state index contributed by atoms with van der Waals surface area (Å²) in [5.41, 5.74) is 8.19. The maximum absolute atomic E-state index is 12.5. The Morgan fingerprint density at radius 1 is 1.36 bits per heavy atom. The summed E-state index contributed by atoms with van der Waals surface area (Å²) in [5, 5.41) is 0. The number of rotatable bonds is 5. The Balaban J connectivity index is 1.87. The third-order valence-electron chi connectivity index (χ3n) is 4.80. The minimum atomic E-state index is -0.560. The van der Waals surface area contributed by atoms with Gasteiger partial charge in [-0.3, -0.25) is 4.79 Å². The van der Waals surface area contributed by atoms with Crippen LogP contribution in [0, 0.1) is 6.92 Å². The zero-order chi connectivity index (χ0) is 16.1. The third kappa shape index (κ3) is 4.31. The van der Waals surface area contributed by atoms with Crippen molar-refractivity contribution in [3.05, 3.63) is 35.4 Å². The number of likely N-dealkylation sites (tertiary alicyclic amines) is 1. The van der Waals surface area contributed by atoms with E-state index in [0.717, 1.165) is 18.5 Å². The van der Waals surface area contributed by atoms with Crippen LogP contribution in [0.1, 0.15) is 42.9 Å². The number of hydrogen-bond donors (Lipinski definition) is 1. The van der Waals surface area contributed by atoms with Gasteiger partial charge in [0.15, 0.2) is 0 Å². The summed E-state index contributed by atoms with van der Waals surface area (Å²) in [6.07, 6.45) is 4.86. The molecule has 1 aliphatic heterocycles. The van der Waals surface area contributed by atoms with Crippen molar-refractivity contribution in [3.63, 3.8) is 0 Å². The SMILES string of the molecule is Cc1ccc(C(N)C(=O)N(C)CCC2CCCCN2C)cc1. The first kappa shape index (κ1) is 17.0. The number of carbonyl (C=O) groups is 1. The van der Waals surface area contributed by atoms with E-state index in [9.17, 15) is 4.79 Å². The Morgan fingerprint density at radius 3 is 2.68 bits per heavy atom. The van der Waals surface area contributed by atoms with Gasteiger partial charge in [0.2, 0.25) is 5.91 Å². The normalized spacial score (nSPS) is 20.6. The topological polar surface area (TPSA) is 49.6 Å². The molecule has 0 saturated carbocycles. The van der Waals surface area contributed by atoms with Crippen molar-refractivity contribution < 1.29 is 4.79 Å². The van der Waals surface area contributed by atoms with Crippen molar-refractivity contribution in [2.75, 3.05) is 27.2 Å². The zero-order valence-electron chi connectivity index (χ0n) is 14.1. The first-order valence-corrected chi connectivity index (χ1v) is 8.26. The third-order valence-corrected chi connectivity index (χ3v) is 4.80. The van der Waals surface area contributed by atoms with Crippen molar-refractivity contribution in [2.45, 2.75) is 44.7 Å². The predicted octanol–water partition coefficient (Wildman–Crippen LogP) is 2.33. The minimum Gasteiger partial charge on any atom is -0.344 e. The van der Waals surface area contributed by atoms with Crippen molar-refractivity contribution in [2.24, 2.45) is 5.73 Å². The highest BCUT2D eigenvalue weighted by atomic mass is 16.2. The number of aryl methyl sites for hydroxylation is 1. The van der Waals surface area contributed by atoms with Gasteiger partial charge >= 0.3 is 0 Å². The van der Waals surface area contributed by atoms with Crippen LogP contribution in [0.15, 0.2) is 24.3 Å². The Bertz CT molecular complexity index is 486. The van der Waals surface area contributed by atoms with Gasteiger partial charge in [0.1, 0.15) is 6.04 Å². The smallest absolute Gasteiger partial charge is 0.243 e. The summed E-state index contributed by atoms with van der Waals surface area (Å²) in [5.74, 6) is 0.00214.